The smallest absolute Gasteiger partial charge is 0.246 e. The number of nitrogens with zero attached hydrogens (tertiary/aromatic N) is 3. The molecule has 0 radical (unpaired) electrons. The van der Waals surface area contributed by atoms with Crippen molar-refractivity contribution in [3.8, 4) is 22.5 Å². The lowest BCUT2D eigenvalue weighted by Gasteiger charge is -2.29. The number of aromatic nitrogens is 4. The monoisotopic (exact) mass is 460 g/mol. The molecule has 34 heavy (non-hydrogen) atoms. The molecule has 1 aromatic heterocycles. The number of H-pyrrole nitrogens is 1. The zero-order valence-electron chi connectivity index (χ0n) is 18.9. The van der Waals surface area contributed by atoms with Crippen LogP contribution in [0.4, 0.5) is 0 Å². The van der Waals surface area contributed by atoms with Crippen LogP contribution >= 0.6 is 0 Å². The van der Waals surface area contributed by atoms with Gasteiger partial charge in [0.1, 0.15) is 11.8 Å². The number of carbonyl (C=O) groups is 3. The molecule has 0 spiro atoms. The molecule has 3 N–H and O–H groups in total. The molecule has 1 aliphatic rings. The van der Waals surface area contributed by atoms with Gasteiger partial charge in [-0.15, -0.1) is 10.2 Å². The highest BCUT2D eigenvalue weighted by molar-refractivity contribution is 5.91. The Kier molecular flexibility index (Phi) is 7.41. The number of tetrazole rings is 1. The first-order valence-corrected chi connectivity index (χ1v) is 11.6. The molecule has 0 atom stereocenters. The molecule has 4 rings (SSSR count). The number of rotatable bonds is 10. The van der Waals surface area contributed by atoms with E-state index >= 15 is 0 Å². The summed E-state index contributed by atoms with van der Waals surface area (Å²) in [5.74, 6) is 0.200. The Morgan fingerprint density at radius 1 is 1.03 bits per heavy atom. The van der Waals surface area contributed by atoms with E-state index in [1.807, 2.05) is 48.5 Å². The summed E-state index contributed by atoms with van der Waals surface area (Å²) in [7, 11) is 0. The van der Waals surface area contributed by atoms with Crippen molar-refractivity contribution in [3.63, 3.8) is 0 Å². The summed E-state index contributed by atoms with van der Waals surface area (Å²) in [4.78, 5) is 35.9. The first kappa shape index (κ1) is 23.3. The van der Waals surface area contributed by atoms with Gasteiger partial charge in [-0.25, -0.2) is 0 Å². The molecule has 3 aromatic rings. The molecule has 9 nitrogen and oxygen atoms in total. The zero-order valence-corrected chi connectivity index (χ0v) is 18.9. The van der Waals surface area contributed by atoms with Gasteiger partial charge in [0.05, 0.1) is 0 Å². The highest BCUT2D eigenvalue weighted by Gasteiger charge is 2.42. The van der Waals surface area contributed by atoms with E-state index in [1.165, 1.54) is 0 Å². The van der Waals surface area contributed by atoms with Crippen molar-refractivity contribution in [2.75, 3.05) is 0 Å². The Morgan fingerprint density at radius 2 is 1.76 bits per heavy atom. The van der Waals surface area contributed by atoms with Gasteiger partial charge in [-0.05, 0) is 41.2 Å². The van der Waals surface area contributed by atoms with Crippen molar-refractivity contribution < 1.29 is 14.4 Å². The second kappa shape index (κ2) is 10.8. The van der Waals surface area contributed by atoms with Gasteiger partial charge < -0.3 is 15.4 Å². The topological polar surface area (TPSA) is 130 Å². The molecule has 1 aliphatic carbocycles. The summed E-state index contributed by atoms with van der Waals surface area (Å²) in [6, 6.07) is 15.8. The quantitative estimate of drug-likeness (QED) is 0.315. The lowest BCUT2D eigenvalue weighted by molar-refractivity contribution is -0.133. The van der Waals surface area contributed by atoms with Gasteiger partial charge in [0, 0.05) is 24.9 Å². The number of aldehydes is 1. The number of nitrogens with one attached hydrogen (secondary N) is 3. The number of benzene rings is 2. The van der Waals surface area contributed by atoms with E-state index in [4.69, 9.17) is 0 Å². The molecule has 1 fully saturated rings. The van der Waals surface area contributed by atoms with Crippen LogP contribution in [0.15, 0.2) is 48.5 Å². The number of aromatic amines is 1. The maximum Gasteiger partial charge on any atom is 0.246 e. The minimum atomic E-state index is -0.859. The van der Waals surface area contributed by atoms with Crippen molar-refractivity contribution in [1.29, 1.82) is 0 Å². The third-order valence-electron chi connectivity index (χ3n) is 6.23. The second-order valence-electron chi connectivity index (χ2n) is 8.56. The van der Waals surface area contributed by atoms with Gasteiger partial charge in [-0.1, -0.05) is 61.4 Å². The third kappa shape index (κ3) is 5.36. The van der Waals surface area contributed by atoms with Crippen molar-refractivity contribution in [2.45, 2.75) is 57.0 Å². The predicted molar refractivity (Wildman–Crippen MR) is 126 cm³/mol. The zero-order chi connectivity index (χ0) is 23.8. The SMILES string of the molecule is O=CCCCC(=O)NC1(C(=O)NCc2ccc(-c3ccccc3-c3nn[nH]n3)cc2)CCCC1. The van der Waals surface area contributed by atoms with Crippen LogP contribution in [0.2, 0.25) is 0 Å². The maximum atomic E-state index is 13.1. The van der Waals surface area contributed by atoms with Gasteiger partial charge in [-0.3, -0.25) is 9.59 Å². The normalized spacial score (nSPS) is 14.5. The molecule has 2 amide bonds. The van der Waals surface area contributed by atoms with E-state index in [1.54, 1.807) is 0 Å². The third-order valence-corrected chi connectivity index (χ3v) is 6.23. The summed E-state index contributed by atoms with van der Waals surface area (Å²) < 4.78 is 0. The Labute approximate surface area is 197 Å². The van der Waals surface area contributed by atoms with E-state index < -0.39 is 5.54 Å². The molecule has 2 aromatic carbocycles. The van der Waals surface area contributed by atoms with Crippen molar-refractivity contribution >= 4 is 18.1 Å². The number of hydrogen-bond acceptors (Lipinski definition) is 6. The van der Waals surface area contributed by atoms with Gasteiger partial charge in [0.2, 0.25) is 17.6 Å². The fourth-order valence-corrected chi connectivity index (χ4v) is 4.42. The summed E-state index contributed by atoms with van der Waals surface area (Å²) in [5.41, 5.74) is 2.97. The molecule has 1 saturated carbocycles. The average molecular weight is 461 g/mol. The Morgan fingerprint density at radius 3 is 2.44 bits per heavy atom. The van der Waals surface area contributed by atoms with E-state index in [9.17, 15) is 14.4 Å². The number of carbonyl (C=O) groups excluding carboxylic acids is 3. The van der Waals surface area contributed by atoms with Crippen LogP contribution in [-0.2, 0) is 20.9 Å². The van der Waals surface area contributed by atoms with Crippen LogP contribution < -0.4 is 10.6 Å². The Bertz CT molecular complexity index is 1120. The summed E-state index contributed by atoms with van der Waals surface area (Å²) in [5, 5.41) is 20.3. The van der Waals surface area contributed by atoms with E-state index in [0.717, 1.165) is 41.4 Å². The predicted octanol–water partition coefficient (Wildman–Crippen LogP) is 2.95. The highest BCUT2D eigenvalue weighted by Crippen LogP contribution is 2.31. The van der Waals surface area contributed by atoms with E-state index in [0.29, 0.717) is 38.1 Å². The molecule has 9 heteroatoms. The fourth-order valence-electron chi connectivity index (χ4n) is 4.42. The number of hydrogen-bond donors (Lipinski definition) is 3. The average Bonchev–Trinajstić information content (AvgIpc) is 3.56. The molecule has 0 bridgehead atoms. The molecule has 0 unspecified atom stereocenters. The molecular formula is C25H28N6O3. The molecular weight excluding hydrogens is 432 g/mol. The summed E-state index contributed by atoms with van der Waals surface area (Å²) in [6.07, 6.45) is 4.96. The van der Waals surface area contributed by atoms with Crippen molar-refractivity contribution in [3.05, 3.63) is 54.1 Å². The standard InChI is InChI=1S/C25H28N6O3/c32-16-6-3-9-22(33)27-25(14-4-5-15-25)24(34)26-17-18-10-12-19(13-11-18)20-7-1-2-8-21(20)23-28-30-31-29-23/h1-2,7-8,10-13,16H,3-6,9,14-15,17H2,(H,26,34)(H,27,33)(H,28,29,30,31). The first-order chi connectivity index (χ1) is 16.6. The van der Waals surface area contributed by atoms with Gasteiger partial charge in [0.25, 0.3) is 0 Å². The minimum Gasteiger partial charge on any atom is -0.350 e. The van der Waals surface area contributed by atoms with Gasteiger partial charge in [-0.2, -0.15) is 5.21 Å². The van der Waals surface area contributed by atoms with E-state index in [-0.39, 0.29) is 18.2 Å². The van der Waals surface area contributed by atoms with Gasteiger partial charge in [0.15, 0.2) is 0 Å². The van der Waals surface area contributed by atoms with Gasteiger partial charge >= 0.3 is 0 Å². The second-order valence-corrected chi connectivity index (χ2v) is 8.56. The Hall–Kier alpha value is -3.88. The lowest BCUT2D eigenvalue weighted by atomic mass is 9.95. The van der Waals surface area contributed by atoms with Crippen LogP contribution in [0.1, 0.15) is 50.5 Å². The first-order valence-electron chi connectivity index (χ1n) is 11.6. The van der Waals surface area contributed by atoms with Crippen molar-refractivity contribution in [1.82, 2.24) is 31.3 Å². The minimum absolute atomic E-state index is 0.153. The number of amides is 2. The summed E-state index contributed by atoms with van der Waals surface area (Å²) in [6.45, 7) is 0.369. The fraction of sp³-hybridized carbons (Fsp3) is 0.360. The van der Waals surface area contributed by atoms with Crippen LogP contribution in [0.25, 0.3) is 22.5 Å². The Balaban J connectivity index is 1.40. The highest BCUT2D eigenvalue weighted by atomic mass is 16.2. The molecule has 0 aliphatic heterocycles. The van der Waals surface area contributed by atoms with E-state index in [2.05, 4.69) is 31.3 Å². The van der Waals surface area contributed by atoms with Crippen molar-refractivity contribution in [2.24, 2.45) is 0 Å². The largest absolute Gasteiger partial charge is 0.350 e. The molecule has 1 heterocycles. The van der Waals surface area contributed by atoms with Crippen LogP contribution in [-0.4, -0.2) is 44.3 Å². The van der Waals surface area contributed by atoms with Crippen LogP contribution in [0.3, 0.4) is 0 Å². The maximum absolute atomic E-state index is 13.1. The molecule has 176 valence electrons. The van der Waals surface area contributed by atoms with Crippen LogP contribution in [0, 0.1) is 0 Å². The lowest BCUT2D eigenvalue weighted by Crippen LogP contribution is -2.57. The molecule has 0 saturated heterocycles. The van der Waals surface area contributed by atoms with Crippen LogP contribution in [0.5, 0.6) is 0 Å². The summed E-state index contributed by atoms with van der Waals surface area (Å²) >= 11 is 0. The number of unbranched alkanes of at least 4 members (excludes halogenated alkanes) is 1.